The number of nitrogens with zero attached hydrogens (tertiary/aromatic N) is 4. The SMILES string of the molecule is N#Cc1ccc2c(c1)c1cc(C#N)ccc1n2-c1cccc(C#N)c1-c1ccc2oc3ccccc3c2c1. The second-order valence-corrected chi connectivity index (χ2v) is 9.14. The lowest BCUT2D eigenvalue weighted by Crippen LogP contribution is -1.99. The fourth-order valence-electron chi connectivity index (χ4n) is 5.43. The number of benzene rings is 5. The van der Waals surface area contributed by atoms with E-state index in [1.165, 1.54) is 0 Å². The van der Waals surface area contributed by atoms with Gasteiger partial charge in [0.15, 0.2) is 0 Å². The zero-order chi connectivity index (χ0) is 25.8. The average Bonchev–Trinajstić information content (AvgIpc) is 3.51. The summed E-state index contributed by atoms with van der Waals surface area (Å²) in [5.74, 6) is 0. The zero-order valence-corrected chi connectivity index (χ0v) is 19.9. The molecule has 0 saturated heterocycles. The Kier molecular flexibility index (Phi) is 4.57. The summed E-state index contributed by atoms with van der Waals surface area (Å²) in [4.78, 5) is 0. The van der Waals surface area contributed by atoms with Crippen molar-refractivity contribution >= 4 is 43.7 Å². The maximum absolute atomic E-state index is 10.2. The van der Waals surface area contributed by atoms with Gasteiger partial charge in [-0.25, -0.2) is 0 Å². The van der Waals surface area contributed by atoms with Crippen LogP contribution < -0.4 is 0 Å². The van der Waals surface area contributed by atoms with Gasteiger partial charge in [0.1, 0.15) is 11.2 Å². The summed E-state index contributed by atoms with van der Waals surface area (Å²) in [6, 6.07) is 37.6. The maximum Gasteiger partial charge on any atom is 0.135 e. The van der Waals surface area contributed by atoms with Gasteiger partial charge in [0.05, 0.1) is 51.6 Å². The maximum atomic E-state index is 10.2. The van der Waals surface area contributed by atoms with E-state index in [0.717, 1.165) is 60.6 Å². The number of furan rings is 1. The second kappa shape index (κ2) is 8.10. The van der Waals surface area contributed by atoms with Crippen molar-refractivity contribution < 1.29 is 4.42 Å². The average molecular weight is 485 g/mol. The molecule has 0 aliphatic carbocycles. The largest absolute Gasteiger partial charge is 0.456 e. The molecule has 0 bridgehead atoms. The van der Waals surface area contributed by atoms with Crippen LogP contribution in [0.5, 0.6) is 0 Å². The minimum Gasteiger partial charge on any atom is -0.456 e. The molecule has 174 valence electrons. The molecule has 0 atom stereocenters. The van der Waals surface area contributed by atoms with Crippen molar-refractivity contribution in [3.63, 3.8) is 0 Å². The van der Waals surface area contributed by atoms with Crippen LogP contribution in [0.2, 0.25) is 0 Å². The van der Waals surface area contributed by atoms with E-state index in [1.54, 1.807) is 12.1 Å². The predicted octanol–water partition coefficient (Wildman–Crippen LogP) is 7.97. The first-order valence-corrected chi connectivity index (χ1v) is 12.0. The first-order valence-electron chi connectivity index (χ1n) is 12.0. The summed E-state index contributed by atoms with van der Waals surface area (Å²) in [5, 5.41) is 33.0. The standard InChI is InChI=1S/C33H16N4O/c34-17-20-8-11-28-25(14-20)26-15-21(18-35)9-12-29(26)37(28)30-6-3-4-23(19-36)33(30)22-10-13-32-27(16-22)24-5-1-2-7-31(24)38-32/h1-16H. The van der Waals surface area contributed by atoms with Crippen molar-refractivity contribution in [2.45, 2.75) is 0 Å². The van der Waals surface area contributed by atoms with Crippen molar-refractivity contribution in [2.24, 2.45) is 0 Å². The van der Waals surface area contributed by atoms with Gasteiger partial charge < -0.3 is 8.98 Å². The van der Waals surface area contributed by atoms with Crippen molar-refractivity contribution in [2.75, 3.05) is 0 Å². The van der Waals surface area contributed by atoms with Crippen LogP contribution in [-0.4, -0.2) is 4.57 Å². The Labute approximate surface area is 217 Å². The van der Waals surface area contributed by atoms with Crippen LogP contribution in [0.1, 0.15) is 16.7 Å². The molecule has 0 saturated carbocycles. The summed E-state index contributed by atoms with van der Waals surface area (Å²) in [7, 11) is 0. The minimum absolute atomic E-state index is 0.544. The molecule has 0 aliphatic rings. The van der Waals surface area contributed by atoms with Gasteiger partial charge in [0.25, 0.3) is 0 Å². The fourth-order valence-corrected chi connectivity index (χ4v) is 5.43. The summed E-state index contributed by atoms with van der Waals surface area (Å²) in [5.41, 5.74) is 7.55. The van der Waals surface area contributed by atoms with Gasteiger partial charge in [-0.2, -0.15) is 15.8 Å². The highest BCUT2D eigenvalue weighted by Crippen LogP contribution is 2.40. The van der Waals surface area contributed by atoms with Gasteiger partial charge in [-0.1, -0.05) is 30.3 Å². The first-order chi connectivity index (χ1) is 18.7. The van der Waals surface area contributed by atoms with Gasteiger partial charge in [0.2, 0.25) is 0 Å². The molecule has 38 heavy (non-hydrogen) atoms. The molecule has 0 fully saturated rings. The number of fused-ring (bicyclic) bond motifs is 6. The van der Waals surface area contributed by atoms with E-state index in [-0.39, 0.29) is 0 Å². The van der Waals surface area contributed by atoms with Gasteiger partial charge in [0, 0.05) is 27.1 Å². The highest BCUT2D eigenvalue weighted by Gasteiger charge is 2.20. The smallest absolute Gasteiger partial charge is 0.135 e. The Hall–Kier alpha value is -5.83. The number of aromatic nitrogens is 1. The normalized spacial score (nSPS) is 11.1. The molecule has 5 heteroatoms. The lowest BCUT2D eigenvalue weighted by molar-refractivity contribution is 0.669. The van der Waals surface area contributed by atoms with Gasteiger partial charge >= 0.3 is 0 Å². The van der Waals surface area contributed by atoms with Crippen molar-refractivity contribution in [1.82, 2.24) is 4.57 Å². The van der Waals surface area contributed by atoms with E-state index in [9.17, 15) is 15.8 Å². The third-order valence-electron chi connectivity index (χ3n) is 7.09. The number of hydrogen-bond acceptors (Lipinski definition) is 4. The predicted molar refractivity (Wildman–Crippen MR) is 148 cm³/mol. The molecular formula is C33H16N4O. The second-order valence-electron chi connectivity index (χ2n) is 9.14. The third kappa shape index (κ3) is 3.02. The van der Waals surface area contributed by atoms with Crippen LogP contribution >= 0.6 is 0 Å². The molecule has 2 aromatic heterocycles. The number of para-hydroxylation sites is 1. The summed E-state index contributed by atoms with van der Waals surface area (Å²) >= 11 is 0. The van der Waals surface area contributed by atoms with E-state index < -0.39 is 0 Å². The van der Waals surface area contributed by atoms with Crippen LogP contribution in [0, 0.1) is 34.0 Å². The van der Waals surface area contributed by atoms with Crippen LogP contribution in [-0.2, 0) is 0 Å². The Bertz CT molecular complexity index is 2160. The van der Waals surface area contributed by atoms with Crippen molar-refractivity contribution in [1.29, 1.82) is 15.8 Å². The molecule has 0 spiro atoms. The Morgan fingerprint density at radius 1 is 0.553 bits per heavy atom. The highest BCUT2D eigenvalue weighted by atomic mass is 16.3. The summed E-state index contributed by atoms with van der Waals surface area (Å²) < 4.78 is 8.15. The first kappa shape index (κ1) is 21.5. The van der Waals surface area contributed by atoms with Crippen LogP contribution in [0.4, 0.5) is 0 Å². The van der Waals surface area contributed by atoms with Crippen LogP contribution in [0.15, 0.2) is 101 Å². The summed E-state index contributed by atoms with van der Waals surface area (Å²) in [6.45, 7) is 0. The lowest BCUT2D eigenvalue weighted by Gasteiger charge is -2.15. The molecule has 2 heterocycles. The molecule has 5 nitrogen and oxygen atoms in total. The number of rotatable bonds is 2. The lowest BCUT2D eigenvalue weighted by atomic mass is 9.96. The van der Waals surface area contributed by atoms with Gasteiger partial charge in [-0.05, 0) is 72.3 Å². The van der Waals surface area contributed by atoms with Gasteiger partial charge in [-0.3, -0.25) is 0 Å². The van der Waals surface area contributed by atoms with Crippen molar-refractivity contribution in [3.8, 4) is 35.0 Å². The van der Waals surface area contributed by atoms with Crippen molar-refractivity contribution in [3.05, 3.63) is 114 Å². The molecule has 0 aliphatic heterocycles. The Morgan fingerprint density at radius 3 is 1.92 bits per heavy atom. The molecule has 0 amide bonds. The van der Waals surface area contributed by atoms with Crippen LogP contribution in [0.25, 0.3) is 60.6 Å². The number of hydrogen-bond donors (Lipinski definition) is 0. The molecule has 0 radical (unpaired) electrons. The molecular weight excluding hydrogens is 468 g/mol. The van der Waals surface area contributed by atoms with E-state index >= 15 is 0 Å². The van der Waals surface area contributed by atoms with Gasteiger partial charge in [-0.15, -0.1) is 0 Å². The topological polar surface area (TPSA) is 89.4 Å². The Balaban J connectivity index is 1.59. The quantitative estimate of drug-likeness (QED) is 0.249. The van der Waals surface area contributed by atoms with Crippen LogP contribution in [0.3, 0.4) is 0 Å². The molecule has 7 aromatic rings. The minimum atomic E-state index is 0.544. The van der Waals surface area contributed by atoms with E-state index in [2.05, 4.69) is 28.8 Å². The summed E-state index contributed by atoms with van der Waals surface area (Å²) in [6.07, 6.45) is 0. The molecule has 0 unspecified atom stereocenters. The Morgan fingerprint density at radius 2 is 1.24 bits per heavy atom. The zero-order valence-electron chi connectivity index (χ0n) is 19.9. The molecule has 7 rings (SSSR count). The monoisotopic (exact) mass is 484 g/mol. The molecule has 0 N–H and O–H groups in total. The highest BCUT2D eigenvalue weighted by molar-refractivity contribution is 6.11. The number of nitriles is 3. The van der Waals surface area contributed by atoms with E-state index in [0.29, 0.717) is 16.7 Å². The fraction of sp³-hybridized carbons (Fsp3) is 0. The van der Waals surface area contributed by atoms with E-state index in [4.69, 9.17) is 4.42 Å². The molecule has 5 aromatic carbocycles. The third-order valence-corrected chi connectivity index (χ3v) is 7.09. The van der Waals surface area contributed by atoms with E-state index in [1.807, 2.05) is 78.9 Å².